The summed E-state index contributed by atoms with van der Waals surface area (Å²) in [5.74, 6) is -0.0683. The number of nitrogens with zero attached hydrogens (tertiary/aromatic N) is 1. The molecule has 190 valence electrons. The predicted octanol–water partition coefficient (Wildman–Crippen LogP) is 6.42. The molecule has 2 amide bonds. The molecule has 0 fully saturated rings. The first-order valence-electron chi connectivity index (χ1n) is 11.6. The molecule has 1 N–H and O–H groups in total. The maximum atomic E-state index is 13.6. The highest BCUT2D eigenvalue weighted by atomic mass is 35.5. The maximum absolute atomic E-state index is 13.6. The molecule has 3 aromatic carbocycles. The molecule has 36 heavy (non-hydrogen) atoms. The molecular weight excluding hydrogens is 519 g/mol. The summed E-state index contributed by atoms with van der Waals surface area (Å²) >= 11 is 18.8. The lowest BCUT2D eigenvalue weighted by molar-refractivity contribution is -0.142. The zero-order valence-electron chi connectivity index (χ0n) is 20.5. The van der Waals surface area contributed by atoms with Gasteiger partial charge in [-0.3, -0.25) is 9.59 Å². The van der Waals surface area contributed by atoms with Gasteiger partial charge in [0, 0.05) is 34.6 Å². The number of halogens is 3. The van der Waals surface area contributed by atoms with E-state index in [4.69, 9.17) is 39.5 Å². The number of hydrogen-bond donors (Lipinski definition) is 1. The fourth-order valence-electron chi connectivity index (χ4n) is 3.90. The molecule has 0 saturated carbocycles. The van der Waals surface area contributed by atoms with Crippen LogP contribution in [0.4, 0.5) is 0 Å². The second kappa shape index (κ2) is 13.0. The van der Waals surface area contributed by atoms with E-state index in [-0.39, 0.29) is 25.0 Å². The molecule has 1 atom stereocenters. The van der Waals surface area contributed by atoms with E-state index in [1.807, 2.05) is 51.1 Å². The first-order chi connectivity index (χ1) is 17.2. The zero-order valence-corrected chi connectivity index (χ0v) is 22.8. The summed E-state index contributed by atoms with van der Waals surface area (Å²) in [6.07, 6.45) is 0.336. The van der Waals surface area contributed by atoms with Gasteiger partial charge in [-0.25, -0.2) is 0 Å². The van der Waals surface area contributed by atoms with Gasteiger partial charge in [-0.2, -0.15) is 0 Å². The SMILES string of the molecule is CCNC(=O)C(Cc1ccccc1)N(Cc1ccc(Cl)cc1Cl)C(=O)COc1cc(C)c(Cl)c(C)c1. The van der Waals surface area contributed by atoms with Gasteiger partial charge in [-0.1, -0.05) is 71.2 Å². The van der Waals surface area contributed by atoms with Gasteiger partial charge >= 0.3 is 0 Å². The third-order valence-corrected chi connectivity index (χ3v) is 6.93. The summed E-state index contributed by atoms with van der Waals surface area (Å²) in [5.41, 5.74) is 3.31. The lowest BCUT2D eigenvalue weighted by Gasteiger charge is -2.31. The predicted molar refractivity (Wildman–Crippen MR) is 146 cm³/mol. The van der Waals surface area contributed by atoms with Crippen LogP contribution >= 0.6 is 34.8 Å². The summed E-state index contributed by atoms with van der Waals surface area (Å²) in [5, 5.41) is 4.43. The second-order valence-electron chi connectivity index (χ2n) is 8.52. The molecule has 0 spiro atoms. The number of carbonyl (C=O) groups excluding carboxylic acids is 2. The minimum atomic E-state index is -0.774. The summed E-state index contributed by atoms with van der Waals surface area (Å²) in [7, 11) is 0. The Morgan fingerprint density at radius 3 is 2.25 bits per heavy atom. The molecule has 0 bridgehead atoms. The molecule has 3 rings (SSSR count). The Labute approximate surface area is 227 Å². The van der Waals surface area contributed by atoms with Gasteiger partial charge in [-0.15, -0.1) is 0 Å². The normalized spacial score (nSPS) is 11.6. The number of amides is 2. The van der Waals surface area contributed by atoms with Gasteiger partial charge < -0.3 is 15.0 Å². The van der Waals surface area contributed by atoms with Crippen molar-refractivity contribution in [3.63, 3.8) is 0 Å². The first-order valence-corrected chi connectivity index (χ1v) is 12.8. The molecule has 1 unspecified atom stereocenters. The smallest absolute Gasteiger partial charge is 0.261 e. The van der Waals surface area contributed by atoms with Crippen LogP contribution in [0.2, 0.25) is 15.1 Å². The van der Waals surface area contributed by atoms with Crippen molar-refractivity contribution in [1.82, 2.24) is 10.2 Å². The highest BCUT2D eigenvalue weighted by molar-refractivity contribution is 6.35. The van der Waals surface area contributed by atoms with E-state index in [0.29, 0.717) is 39.3 Å². The maximum Gasteiger partial charge on any atom is 0.261 e. The van der Waals surface area contributed by atoms with Crippen molar-refractivity contribution in [2.45, 2.75) is 39.8 Å². The topological polar surface area (TPSA) is 58.6 Å². The van der Waals surface area contributed by atoms with E-state index in [1.54, 1.807) is 30.3 Å². The number of carbonyl (C=O) groups is 2. The summed E-state index contributed by atoms with van der Waals surface area (Å²) in [4.78, 5) is 28.3. The van der Waals surface area contributed by atoms with E-state index in [1.165, 1.54) is 4.90 Å². The number of ether oxygens (including phenoxy) is 1. The van der Waals surface area contributed by atoms with Crippen molar-refractivity contribution in [2.75, 3.05) is 13.2 Å². The molecule has 0 saturated heterocycles. The number of likely N-dealkylation sites (N-methyl/N-ethyl adjacent to an activating group) is 1. The van der Waals surface area contributed by atoms with Gasteiger partial charge in [0.1, 0.15) is 11.8 Å². The molecule has 0 aliphatic rings. The van der Waals surface area contributed by atoms with Gasteiger partial charge in [-0.05, 0) is 67.3 Å². The lowest BCUT2D eigenvalue weighted by Crippen LogP contribution is -2.51. The van der Waals surface area contributed by atoms with Gasteiger partial charge in [0.2, 0.25) is 5.91 Å². The van der Waals surface area contributed by atoms with Gasteiger partial charge in [0.25, 0.3) is 5.91 Å². The largest absolute Gasteiger partial charge is 0.484 e. The molecule has 5 nitrogen and oxygen atoms in total. The molecule has 0 aromatic heterocycles. The Hall–Kier alpha value is -2.73. The van der Waals surface area contributed by atoms with E-state index in [0.717, 1.165) is 16.7 Å². The Morgan fingerprint density at radius 2 is 1.64 bits per heavy atom. The van der Waals surface area contributed by atoms with Crippen LogP contribution in [0.3, 0.4) is 0 Å². The van der Waals surface area contributed by atoms with E-state index in [9.17, 15) is 9.59 Å². The number of rotatable bonds is 10. The van der Waals surface area contributed by atoms with Gasteiger partial charge in [0.05, 0.1) is 0 Å². The molecule has 0 aliphatic heterocycles. The summed E-state index contributed by atoms with van der Waals surface area (Å²) in [6, 6.07) is 17.5. The molecular formula is C28H29Cl3N2O3. The van der Waals surface area contributed by atoms with Crippen LogP contribution in [0, 0.1) is 13.8 Å². The molecule has 0 aliphatic carbocycles. The Balaban J connectivity index is 1.93. The average molecular weight is 548 g/mol. The summed E-state index contributed by atoms with van der Waals surface area (Å²) < 4.78 is 5.86. The van der Waals surface area contributed by atoms with Crippen molar-refractivity contribution < 1.29 is 14.3 Å². The molecule has 0 heterocycles. The third-order valence-electron chi connectivity index (χ3n) is 5.75. The number of hydrogen-bond acceptors (Lipinski definition) is 3. The van der Waals surface area contributed by atoms with Crippen LogP contribution in [-0.4, -0.2) is 35.9 Å². The average Bonchev–Trinajstić information content (AvgIpc) is 2.85. The lowest BCUT2D eigenvalue weighted by atomic mass is 10.0. The standard InChI is InChI=1S/C28H29Cl3N2O3/c1-4-32-28(35)25(14-20-8-6-5-7-9-20)33(16-21-10-11-22(29)15-24(21)30)26(34)17-36-23-12-18(2)27(31)19(3)13-23/h5-13,15,25H,4,14,16-17H2,1-3H3,(H,32,35). The molecule has 3 aromatic rings. The Kier molecular flexibility index (Phi) is 10.1. The minimum absolute atomic E-state index is 0.117. The second-order valence-corrected chi connectivity index (χ2v) is 9.74. The quantitative estimate of drug-likeness (QED) is 0.319. The fourth-order valence-corrected chi connectivity index (χ4v) is 4.47. The highest BCUT2D eigenvalue weighted by Gasteiger charge is 2.31. The Morgan fingerprint density at radius 1 is 0.972 bits per heavy atom. The number of nitrogens with one attached hydrogen (secondary N) is 1. The minimum Gasteiger partial charge on any atom is -0.484 e. The van der Waals surface area contributed by atoms with Crippen LogP contribution in [0.5, 0.6) is 5.75 Å². The van der Waals surface area contributed by atoms with Crippen molar-refractivity contribution in [1.29, 1.82) is 0 Å². The molecule has 8 heteroatoms. The summed E-state index contributed by atoms with van der Waals surface area (Å²) in [6.45, 7) is 5.90. The van der Waals surface area contributed by atoms with Crippen molar-refractivity contribution >= 4 is 46.6 Å². The van der Waals surface area contributed by atoms with E-state index < -0.39 is 6.04 Å². The highest BCUT2D eigenvalue weighted by Crippen LogP contribution is 2.27. The van der Waals surface area contributed by atoms with Crippen LogP contribution in [0.15, 0.2) is 60.7 Å². The molecule has 0 radical (unpaired) electrons. The van der Waals surface area contributed by atoms with Gasteiger partial charge in [0.15, 0.2) is 6.61 Å². The first kappa shape index (κ1) is 27.9. The number of aryl methyl sites for hydroxylation is 2. The third kappa shape index (κ3) is 7.39. The van der Waals surface area contributed by atoms with Crippen molar-refractivity contribution in [2.24, 2.45) is 0 Å². The van der Waals surface area contributed by atoms with Crippen LogP contribution in [0.1, 0.15) is 29.2 Å². The number of benzene rings is 3. The fraction of sp³-hybridized carbons (Fsp3) is 0.286. The Bertz CT molecular complexity index is 1190. The van der Waals surface area contributed by atoms with E-state index in [2.05, 4.69) is 5.32 Å². The van der Waals surface area contributed by atoms with E-state index >= 15 is 0 Å². The van der Waals surface area contributed by atoms with Crippen LogP contribution in [0.25, 0.3) is 0 Å². The van der Waals surface area contributed by atoms with Crippen molar-refractivity contribution in [3.05, 3.63) is 98.0 Å². The zero-order chi connectivity index (χ0) is 26.2. The van der Waals surface area contributed by atoms with Crippen LogP contribution in [-0.2, 0) is 22.6 Å². The monoisotopic (exact) mass is 546 g/mol. The van der Waals surface area contributed by atoms with Crippen LogP contribution < -0.4 is 10.1 Å². The van der Waals surface area contributed by atoms with Crippen molar-refractivity contribution in [3.8, 4) is 5.75 Å².